The zero-order valence-corrected chi connectivity index (χ0v) is 8.32. The molecule has 0 saturated carbocycles. The van der Waals surface area contributed by atoms with E-state index in [0.717, 1.165) is 11.8 Å². The maximum atomic E-state index is 11.7. The Balaban J connectivity index is 0. The van der Waals surface area contributed by atoms with Crippen LogP contribution in [0.2, 0.25) is 0 Å². The molecule has 0 saturated heterocycles. The van der Waals surface area contributed by atoms with Crippen LogP contribution in [0.25, 0.3) is 0 Å². The lowest BCUT2D eigenvalue weighted by Crippen LogP contribution is -2.35. The quantitative estimate of drug-likeness (QED) is 0.584. The summed E-state index contributed by atoms with van der Waals surface area (Å²) in [5.74, 6) is -1.06. The van der Waals surface area contributed by atoms with Crippen molar-refractivity contribution in [2.75, 3.05) is 7.11 Å². The molecule has 0 aromatic carbocycles. The maximum Gasteiger partial charge on any atom is 0.514 e. The lowest BCUT2D eigenvalue weighted by atomic mass is 10.5. The first-order valence-corrected chi connectivity index (χ1v) is 4.85. The Morgan fingerprint density at radius 3 is 1.93 bits per heavy atom. The van der Waals surface area contributed by atoms with Crippen LogP contribution in [0.5, 0.6) is 0 Å². The SMILES string of the molecule is CCC(=O)NS(O)(O)C(F)(F)F.CO. The molecule has 0 rings (SSSR count). The van der Waals surface area contributed by atoms with Crippen molar-refractivity contribution in [3.63, 3.8) is 0 Å². The first-order chi connectivity index (χ1) is 6.20. The van der Waals surface area contributed by atoms with E-state index < -0.39 is 22.2 Å². The minimum atomic E-state index is -5.21. The van der Waals surface area contributed by atoms with Crippen molar-refractivity contribution in [3.8, 4) is 0 Å². The van der Waals surface area contributed by atoms with Gasteiger partial charge in [-0.05, 0) is 10.8 Å². The molecule has 5 nitrogen and oxygen atoms in total. The summed E-state index contributed by atoms with van der Waals surface area (Å²) in [5, 5.41) is 7.00. The van der Waals surface area contributed by atoms with Gasteiger partial charge >= 0.3 is 5.51 Å². The van der Waals surface area contributed by atoms with Gasteiger partial charge in [-0.3, -0.25) is 13.9 Å². The number of rotatable bonds is 2. The van der Waals surface area contributed by atoms with Gasteiger partial charge in [0, 0.05) is 13.5 Å². The van der Waals surface area contributed by atoms with E-state index in [1.54, 1.807) is 0 Å². The number of aliphatic hydroxyl groups is 1. The molecule has 0 aromatic heterocycles. The molecule has 0 aliphatic heterocycles. The highest BCUT2D eigenvalue weighted by atomic mass is 32.3. The summed E-state index contributed by atoms with van der Waals surface area (Å²) in [6.07, 6.45) is -0.244. The second-order valence-electron chi connectivity index (χ2n) is 1.87. The molecular weight excluding hydrogens is 227 g/mol. The number of hydrogen-bond donors (Lipinski definition) is 4. The monoisotopic (exact) mass is 239 g/mol. The van der Waals surface area contributed by atoms with Crippen LogP contribution in [0, 0.1) is 0 Å². The van der Waals surface area contributed by atoms with Crippen molar-refractivity contribution in [1.29, 1.82) is 0 Å². The molecule has 0 aliphatic rings. The van der Waals surface area contributed by atoms with Crippen molar-refractivity contribution in [2.45, 2.75) is 18.9 Å². The number of aliphatic hydroxyl groups excluding tert-OH is 1. The lowest BCUT2D eigenvalue weighted by molar-refractivity contribution is -0.120. The number of amides is 1. The fourth-order valence-corrected chi connectivity index (χ4v) is 0.866. The topological polar surface area (TPSA) is 89.8 Å². The average molecular weight is 239 g/mol. The normalized spacial score (nSPS) is 12.6. The van der Waals surface area contributed by atoms with E-state index in [1.165, 1.54) is 6.92 Å². The largest absolute Gasteiger partial charge is 0.514 e. The van der Waals surface area contributed by atoms with Crippen molar-refractivity contribution in [1.82, 2.24) is 4.72 Å². The van der Waals surface area contributed by atoms with Crippen molar-refractivity contribution < 1.29 is 32.2 Å². The smallest absolute Gasteiger partial charge is 0.400 e. The van der Waals surface area contributed by atoms with Crippen molar-refractivity contribution in [2.24, 2.45) is 0 Å². The average Bonchev–Trinajstić information content (AvgIpc) is 2.05. The van der Waals surface area contributed by atoms with E-state index in [-0.39, 0.29) is 6.42 Å². The first-order valence-electron chi connectivity index (χ1n) is 3.30. The van der Waals surface area contributed by atoms with Crippen LogP contribution in [0.3, 0.4) is 0 Å². The summed E-state index contributed by atoms with van der Waals surface area (Å²) in [5.41, 5.74) is -5.21. The Kier molecular flexibility index (Phi) is 6.90. The lowest BCUT2D eigenvalue weighted by Gasteiger charge is -2.33. The molecule has 0 radical (unpaired) electrons. The second-order valence-corrected chi connectivity index (χ2v) is 3.64. The molecule has 88 valence electrons. The summed E-state index contributed by atoms with van der Waals surface area (Å²) < 4.78 is 52.7. The predicted molar refractivity (Wildman–Crippen MR) is 45.5 cm³/mol. The number of halogens is 3. The van der Waals surface area contributed by atoms with Gasteiger partial charge < -0.3 is 5.11 Å². The highest BCUT2D eigenvalue weighted by Crippen LogP contribution is 2.51. The van der Waals surface area contributed by atoms with E-state index in [4.69, 9.17) is 14.2 Å². The highest BCUT2D eigenvalue weighted by Gasteiger charge is 2.46. The maximum absolute atomic E-state index is 11.7. The Labute approximate surface area is 80.4 Å². The number of nitrogens with one attached hydrogen (secondary N) is 1. The van der Waals surface area contributed by atoms with Crippen LogP contribution in [-0.2, 0) is 4.79 Å². The molecule has 9 heteroatoms. The van der Waals surface area contributed by atoms with Crippen LogP contribution < -0.4 is 4.72 Å². The summed E-state index contributed by atoms with van der Waals surface area (Å²) >= 11 is 0. The van der Waals surface area contributed by atoms with Crippen LogP contribution >= 0.6 is 10.8 Å². The summed E-state index contributed by atoms with van der Waals surface area (Å²) in [7, 11) is -4.01. The van der Waals surface area contributed by atoms with Crippen LogP contribution in [-0.4, -0.2) is 32.7 Å². The van der Waals surface area contributed by atoms with E-state index in [2.05, 4.69) is 0 Å². The minimum absolute atomic E-state index is 0.244. The number of carbonyl (C=O) groups excluding carboxylic acids is 1. The highest BCUT2D eigenvalue weighted by molar-refractivity contribution is 8.23. The molecule has 0 aromatic rings. The van der Waals surface area contributed by atoms with Gasteiger partial charge in [-0.2, -0.15) is 13.2 Å². The molecular formula is C5H12F3NO4S. The molecule has 0 aliphatic carbocycles. The summed E-state index contributed by atoms with van der Waals surface area (Å²) in [6, 6.07) is 0. The summed E-state index contributed by atoms with van der Waals surface area (Å²) in [6.45, 7) is 1.29. The van der Waals surface area contributed by atoms with Crippen molar-refractivity contribution >= 4 is 16.7 Å². The van der Waals surface area contributed by atoms with Crippen molar-refractivity contribution in [3.05, 3.63) is 0 Å². The van der Waals surface area contributed by atoms with Crippen LogP contribution in [0.4, 0.5) is 13.2 Å². The number of hydrogen-bond acceptors (Lipinski definition) is 4. The molecule has 0 heterocycles. The Hall–Kier alpha value is -0.510. The molecule has 14 heavy (non-hydrogen) atoms. The number of alkyl halides is 3. The Morgan fingerprint density at radius 1 is 1.36 bits per heavy atom. The number of carbonyl (C=O) groups is 1. The predicted octanol–water partition coefficient (Wildman–Crippen LogP) is 1.31. The molecule has 0 unspecified atom stereocenters. The molecule has 1 amide bonds. The van der Waals surface area contributed by atoms with Gasteiger partial charge in [0.1, 0.15) is 0 Å². The minimum Gasteiger partial charge on any atom is -0.400 e. The Morgan fingerprint density at radius 2 is 1.71 bits per heavy atom. The third-order valence-corrected chi connectivity index (χ3v) is 2.06. The third kappa shape index (κ3) is 5.27. The van der Waals surface area contributed by atoms with Crippen LogP contribution in [0.15, 0.2) is 0 Å². The van der Waals surface area contributed by atoms with E-state index in [1.807, 2.05) is 0 Å². The second kappa shape index (κ2) is 6.06. The van der Waals surface area contributed by atoms with E-state index in [9.17, 15) is 18.0 Å². The Bertz CT molecular complexity index is 184. The van der Waals surface area contributed by atoms with Gasteiger partial charge in [-0.1, -0.05) is 6.92 Å². The zero-order chi connectivity index (χ0) is 12.0. The third-order valence-electron chi connectivity index (χ3n) is 0.900. The van der Waals surface area contributed by atoms with Gasteiger partial charge in [-0.15, -0.1) is 0 Å². The fraction of sp³-hybridized carbons (Fsp3) is 0.800. The van der Waals surface area contributed by atoms with Gasteiger partial charge in [-0.25, -0.2) is 4.72 Å². The van der Waals surface area contributed by atoms with Gasteiger partial charge in [0.05, 0.1) is 0 Å². The zero-order valence-electron chi connectivity index (χ0n) is 7.50. The fourth-order valence-electron chi connectivity index (χ4n) is 0.289. The molecule has 4 N–H and O–H groups in total. The molecule has 0 bridgehead atoms. The van der Waals surface area contributed by atoms with E-state index >= 15 is 0 Å². The van der Waals surface area contributed by atoms with Gasteiger partial charge in [0.15, 0.2) is 0 Å². The summed E-state index contributed by atoms with van der Waals surface area (Å²) in [4.78, 5) is 10.4. The van der Waals surface area contributed by atoms with Gasteiger partial charge in [0.25, 0.3) is 0 Å². The first kappa shape index (κ1) is 15.9. The van der Waals surface area contributed by atoms with E-state index in [0.29, 0.717) is 0 Å². The van der Waals surface area contributed by atoms with Crippen LogP contribution in [0.1, 0.15) is 13.3 Å². The molecule has 0 fully saturated rings. The molecule has 0 spiro atoms. The van der Waals surface area contributed by atoms with Gasteiger partial charge in [0.2, 0.25) is 5.91 Å². The molecule has 0 atom stereocenters. The standard InChI is InChI=1S/C4H8F3NO3S.CH4O/c1-2-3(9)8-12(10,11)4(5,6)7;1-2/h10-11H,2H2,1H3,(H,8,9);2H,1H3.